The monoisotopic (exact) mass is 279 g/mol. The molecule has 12 heavy (non-hydrogen) atoms. The molecule has 2 rings (SSSR count). The van der Waals surface area contributed by atoms with Gasteiger partial charge in [-0.2, -0.15) is 0 Å². The normalized spacial score (nSPS) is 17.5. The van der Waals surface area contributed by atoms with Gasteiger partial charge in [0.25, 0.3) is 0 Å². The molecule has 1 fully saturated rings. The molecule has 2 nitrogen and oxygen atoms in total. The van der Waals surface area contributed by atoms with Crippen LogP contribution in [0.3, 0.4) is 0 Å². The second kappa shape index (κ2) is 3.26. The van der Waals surface area contributed by atoms with Gasteiger partial charge in [-0.3, -0.25) is 4.98 Å². The molecule has 0 radical (unpaired) electrons. The summed E-state index contributed by atoms with van der Waals surface area (Å²) in [4.78, 5) is 4.00. The van der Waals surface area contributed by atoms with Crippen molar-refractivity contribution in [1.29, 1.82) is 0 Å². The number of halogens is 2. The number of rotatable bonds is 1. The van der Waals surface area contributed by atoms with Gasteiger partial charge in [0.1, 0.15) is 0 Å². The van der Waals surface area contributed by atoms with Gasteiger partial charge >= 0.3 is 0 Å². The Hall–Kier alpha value is -0.230. The number of hydrogen-bond acceptors (Lipinski definition) is 2. The first kappa shape index (κ1) is 8.37. The van der Waals surface area contributed by atoms with Gasteiger partial charge in [0.15, 0.2) is 5.82 Å². The highest BCUT2D eigenvalue weighted by atomic mass is 127. The molecule has 0 atom stereocenters. The van der Waals surface area contributed by atoms with Crippen molar-refractivity contribution in [3.05, 3.63) is 27.3 Å². The lowest BCUT2D eigenvalue weighted by Crippen LogP contribution is -2.27. The van der Waals surface area contributed by atoms with E-state index in [-0.39, 0.29) is 11.7 Å². The maximum Gasteiger partial charge on any atom is 0.158 e. The molecule has 0 aliphatic carbocycles. The predicted molar refractivity (Wildman–Crippen MR) is 50.5 cm³/mol. The minimum absolute atomic E-state index is 0.166. The van der Waals surface area contributed by atoms with Crippen LogP contribution in [0.5, 0.6) is 0 Å². The van der Waals surface area contributed by atoms with Gasteiger partial charge in [0.2, 0.25) is 0 Å². The summed E-state index contributed by atoms with van der Waals surface area (Å²) >= 11 is 1.97. The lowest BCUT2D eigenvalue weighted by Gasteiger charge is -2.25. The van der Waals surface area contributed by atoms with Crippen LogP contribution in [0.4, 0.5) is 4.39 Å². The Kier molecular flexibility index (Phi) is 2.27. The number of aromatic nitrogens is 1. The maximum atomic E-state index is 13.3. The quantitative estimate of drug-likeness (QED) is 0.733. The Morgan fingerprint density at radius 2 is 2.33 bits per heavy atom. The Bertz CT molecular complexity index is 301. The minimum atomic E-state index is -0.189. The third-order valence-corrected chi connectivity index (χ3v) is 2.73. The third kappa shape index (κ3) is 1.33. The van der Waals surface area contributed by atoms with Gasteiger partial charge in [0.05, 0.1) is 28.4 Å². The lowest BCUT2D eigenvalue weighted by molar-refractivity contribution is 0.00513. The Balaban J connectivity index is 2.36. The number of hydrogen-bond donors (Lipinski definition) is 0. The van der Waals surface area contributed by atoms with Gasteiger partial charge in [-0.15, -0.1) is 0 Å². The van der Waals surface area contributed by atoms with Crippen molar-refractivity contribution in [2.24, 2.45) is 0 Å². The van der Waals surface area contributed by atoms with Crippen LogP contribution in [-0.4, -0.2) is 18.2 Å². The van der Waals surface area contributed by atoms with Crippen molar-refractivity contribution in [2.75, 3.05) is 13.2 Å². The first-order chi connectivity index (χ1) is 5.79. The van der Waals surface area contributed by atoms with Gasteiger partial charge in [-0.1, -0.05) is 0 Å². The van der Waals surface area contributed by atoms with Crippen LogP contribution in [0.15, 0.2) is 12.3 Å². The molecule has 64 valence electrons. The second-order valence-corrected chi connectivity index (χ2v) is 3.89. The highest BCUT2D eigenvalue weighted by Crippen LogP contribution is 2.26. The smallest absolute Gasteiger partial charge is 0.158 e. The molecule has 1 aliphatic heterocycles. The standard InChI is InChI=1S/C8H7FINO/c9-7-6(10)1-2-11-8(7)5-3-12-4-5/h1-2,5H,3-4H2. The summed E-state index contributed by atoms with van der Waals surface area (Å²) in [7, 11) is 0. The van der Waals surface area contributed by atoms with E-state index in [0.717, 1.165) is 0 Å². The molecule has 0 aromatic carbocycles. The fourth-order valence-corrected chi connectivity index (χ4v) is 1.55. The molecule has 1 saturated heterocycles. The molecule has 0 N–H and O–H groups in total. The third-order valence-electron chi connectivity index (χ3n) is 1.89. The second-order valence-electron chi connectivity index (χ2n) is 2.73. The molecule has 1 aromatic heterocycles. The van der Waals surface area contributed by atoms with E-state index in [1.54, 1.807) is 12.3 Å². The highest BCUT2D eigenvalue weighted by Gasteiger charge is 2.25. The molecule has 0 spiro atoms. The molecular formula is C8H7FINO. The zero-order valence-electron chi connectivity index (χ0n) is 6.26. The zero-order chi connectivity index (χ0) is 8.55. The summed E-state index contributed by atoms with van der Waals surface area (Å²) in [5, 5.41) is 0. The Morgan fingerprint density at radius 1 is 1.58 bits per heavy atom. The zero-order valence-corrected chi connectivity index (χ0v) is 8.42. The van der Waals surface area contributed by atoms with Crippen molar-refractivity contribution in [2.45, 2.75) is 5.92 Å². The molecule has 1 aliphatic rings. The average Bonchev–Trinajstić information content (AvgIpc) is 1.95. The first-order valence-corrected chi connectivity index (χ1v) is 4.74. The molecule has 2 heterocycles. The topological polar surface area (TPSA) is 22.1 Å². The van der Waals surface area contributed by atoms with Crippen molar-refractivity contribution in [3.63, 3.8) is 0 Å². The number of pyridine rings is 1. The van der Waals surface area contributed by atoms with Crippen molar-refractivity contribution >= 4 is 22.6 Å². The van der Waals surface area contributed by atoms with E-state index < -0.39 is 0 Å². The van der Waals surface area contributed by atoms with Crippen LogP contribution < -0.4 is 0 Å². The van der Waals surface area contributed by atoms with E-state index in [1.807, 2.05) is 22.6 Å². The van der Waals surface area contributed by atoms with Crippen LogP contribution >= 0.6 is 22.6 Å². The van der Waals surface area contributed by atoms with Crippen LogP contribution in [0.2, 0.25) is 0 Å². The van der Waals surface area contributed by atoms with Gasteiger partial charge in [-0.05, 0) is 28.7 Å². The van der Waals surface area contributed by atoms with Gasteiger partial charge in [-0.25, -0.2) is 4.39 Å². The van der Waals surface area contributed by atoms with Crippen molar-refractivity contribution < 1.29 is 9.13 Å². The summed E-state index contributed by atoms with van der Waals surface area (Å²) in [6.45, 7) is 1.20. The molecule has 1 aromatic rings. The number of nitrogens with zero attached hydrogens (tertiary/aromatic N) is 1. The van der Waals surface area contributed by atoms with Crippen LogP contribution in [0.25, 0.3) is 0 Å². The summed E-state index contributed by atoms with van der Waals surface area (Å²) in [5.41, 5.74) is 0.549. The molecule has 0 bridgehead atoms. The van der Waals surface area contributed by atoms with Gasteiger partial charge in [0, 0.05) is 6.20 Å². The van der Waals surface area contributed by atoms with Crippen molar-refractivity contribution in [3.8, 4) is 0 Å². The average molecular weight is 279 g/mol. The predicted octanol–water partition coefficient (Wildman–Crippen LogP) is 1.94. The largest absolute Gasteiger partial charge is 0.380 e. The van der Waals surface area contributed by atoms with Crippen molar-refractivity contribution in [1.82, 2.24) is 4.98 Å². The summed E-state index contributed by atoms with van der Waals surface area (Å²) in [6.07, 6.45) is 1.64. The highest BCUT2D eigenvalue weighted by molar-refractivity contribution is 14.1. The summed E-state index contributed by atoms with van der Waals surface area (Å²) in [5.74, 6) is -0.0221. The molecule has 0 amide bonds. The van der Waals surface area contributed by atoms with E-state index in [4.69, 9.17) is 4.74 Å². The Morgan fingerprint density at radius 3 is 2.92 bits per heavy atom. The van der Waals surface area contributed by atoms with Crippen LogP contribution in [0, 0.1) is 9.39 Å². The van der Waals surface area contributed by atoms with E-state index in [2.05, 4.69) is 4.98 Å². The first-order valence-electron chi connectivity index (χ1n) is 3.66. The maximum absolute atomic E-state index is 13.3. The number of ether oxygens (including phenoxy) is 1. The molecule has 4 heteroatoms. The lowest BCUT2D eigenvalue weighted by atomic mass is 10.0. The fourth-order valence-electron chi connectivity index (χ4n) is 1.11. The summed E-state index contributed by atoms with van der Waals surface area (Å²) in [6, 6.07) is 1.67. The van der Waals surface area contributed by atoms with E-state index >= 15 is 0 Å². The molecule has 0 unspecified atom stereocenters. The fraction of sp³-hybridized carbons (Fsp3) is 0.375. The Labute approximate surface area is 83.3 Å². The molecular weight excluding hydrogens is 272 g/mol. The van der Waals surface area contributed by atoms with Crippen LogP contribution in [0.1, 0.15) is 11.6 Å². The SMILES string of the molecule is Fc1c(I)ccnc1C1COC1. The summed E-state index contributed by atoms with van der Waals surface area (Å²) < 4.78 is 19.0. The molecule has 0 saturated carbocycles. The van der Waals surface area contributed by atoms with E-state index in [0.29, 0.717) is 22.5 Å². The van der Waals surface area contributed by atoms with Gasteiger partial charge < -0.3 is 4.74 Å². The van der Waals surface area contributed by atoms with E-state index in [9.17, 15) is 4.39 Å². The minimum Gasteiger partial charge on any atom is -0.380 e. The van der Waals surface area contributed by atoms with Crippen LogP contribution in [-0.2, 0) is 4.74 Å². The van der Waals surface area contributed by atoms with E-state index in [1.165, 1.54) is 0 Å².